The Hall–Kier alpha value is -4.28. The van der Waals surface area contributed by atoms with Gasteiger partial charge in [-0.25, -0.2) is 4.98 Å². The Kier molecular flexibility index (Phi) is 6.38. The number of ether oxygens (including phenoxy) is 1. The van der Waals surface area contributed by atoms with E-state index in [0.29, 0.717) is 22.8 Å². The zero-order chi connectivity index (χ0) is 24.2. The smallest absolute Gasteiger partial charge is 0.247 e. The molecule has 0 spiro atoms. The summed E-state index contributed by atoms with van der Waals surface area (Å²) < 4.78 is 7.22. The standard InChI is InChI=1S/C25H26N8O2/c1-2-21(34)28-19-4-3-5-20(14-19)33-16-27-22-23(26)30-25(31-24(22)33)29-18-8-6-17(7-9-18)15-32-10-12-35-13-11-32/h2-9,14,16H,1,10-13,15H2,(H,28,34)(H3,26,29,30,31). The van der Waals surface area contributed by atoms with Crippen LogP contribution in [0.15, 0.2) is 67.5 Å². The molecule has 2 aromatic carbocycles. The highest BCUT2D eigenvalue weighted by Gasteiger charge is 2.14. The Labute approximate surface area is 202 Å². The number of hydrogen-bond donors (Lipinski definition) is 3. The maximum atomic E-state index is 11.7. The van der Waals surface area contributed by atoms with E-state index in [0.717, 1.165) is 44.2 Å². The van der Waals surface area contributed by atoms with E-state index in [2.05, 4.69) is 49.2 Å². The molecule has 10 nitrogen and oxygen atoms in total. The number of morpholine rings is 1. The van der Waals surface area contributed by atoms with Gasteiger partial charge in [-0.15, -0.1) is 0 Å². The Morgan fingerprint density at radius 1 is 1.11 bits per heavy atom. The average molecular weight is 471 g/mol. The molecule has 1 aliphatic heterocycles. The monoisotopic (exact) mass is 470 g/mol. The van der Waals surface area contributed by atoms with Gasteiger partial charge in [-0.3, -0.25) is 14.3 Å². The third kappa shape index (κ3) is 5.13. The van der Waals surface area contributed by atoms with Crippen molar-refractivity contribution in [2.45, 2.75) is 6.54 Å². The molecular formula is C25H26N8O2. The molecule has 0 aliphatic carbocycles. The quantitative estimate of drug-likeness (QED) is 0.352. The lowest BCUT2D eigenvalue weighted by atomic mass is 10.2. The predicted octanol–water partition coefficient (Wildman–Crippen LogP) is 3.10. The van der Waals surface area contributed by atoms with Gasteiger partial charge in [-0.05, 0) is 42.0 Å². The molecule has 10 heteroatoms. The molecule has 1 fully saturated rings. The highest BCUT2D eigenvalue weighted by molar-refractivity contribution is 5.99. The van der Waals surface area contributed by atoms with Gasteiger partial charge in [0.2, 0.25) is 11.9 Å². The first-order valence-corrected chi connectivity index (χ1v) is 11.3. The van der Waals surface area contributed by atoms with E-state index in [1.165, 1.54) is 11.6 Å². The second-order valence-electron chi connectivity index (χ2n) is 8.17. The summed E-state index contributed by atoms with van der Waals surface area (Å²) in [5, 5.41) is 5.99. The van der Waals surface area contributed by atoms with Gasteiger partial charge in [-0.1, -0.05) is 24.8 Å². The van der Waals surface area contributed by atoms with Gasteiger partial charge in [0, 0.05) is 31.0 Å². The average Bonchev–Trinajstić information content (AvgIpc) is 3.31. The zero-order valence-electron chi connectivity index (χ0n) is 19.1. The van der Waals surface area contributed by atoms with Crippen LogP contribution in [0.3, 0.4) is 0 Å². The number of nitrogens with two attached hydrogens (primary N) is 1. The van der Waals surface area contributed by atoms with E-state index < -0.39 is 0 Å². The van der Waals surface area contributed by atoms with Crippen LogP contribution in [0.25, 0.3) is 16.9 Å². The van der Waals surface area contributed by atoms with Gasteiger partial charge < -0.3 is 21.1 Å². The molecule has 2 aromatic heterocycles. The van der Waals surface area contributed by atoms with E-state index in [-0.39, 0.29) is 11.7 Å². The fourth-order valence-electron chi connectivity index (χ4n) is 3.93. The second-order valence-corrected chi connectivity index (χ2v) is 8.17. The molecule has 0 radical (unpaired) electrons. The molecule has 35 heavy (non-hydrogen) atoms. The molecule has 1 aliphatic rings. The van der Waals surface area contributed by atoms with Gasteiger partial charge in [0.25, 0.3) is 0 Å². The van der Waals surface area contributed by atoms with Crippen LogP contribution < -0.4 is 16.4 Å². The molecule has 1 amide bonds. The number of fused-ring (bicyclic) bond motifs is 1. The van der Waals surface area contributed by atoms with Gasteiger partial charge in [0.1, 0.15) is 6.33 Å². The van der Waals surface area contributed by atoms with E-state index in [1.54, 1.807) is 17.0 Å². The van der Waals surface area contributed by atoms with Crippen LogP contribution in [0.5, 0.6) is 0 Å². The maximum absolute atomic E-state index is 11.7. The number of amides is 1. The first-order valence-electron chi connectivity index (χ1n) is 11.3. The molecule has 0 atom stereocenters. The first kappa shape index (κ1) is 22.5. The van der Waals surface area contributed by atoms with Crippen molar-refractivity contribution in [2.24, 2.45) is 0 Å². The largest absolute Gasteiger partial charge is 0.382 e. The van der Waals surface area contributed by atoms with E-state index in [4.69, 9.17) is 10.5 Å². The lowest BCUT2D eigenvalue weighted by molar-refractivity contribution is -0.111. The third-order valence-electron chi connectivity index (χ3n) is 5.72. The van der Waals surface area contributed by atoms with Crippen molar-refractivity contribution in [3.63, 3.8) is 0 Å². The number of nitrogens with one attached hydrogen (secondary N) is 2. The Balaban J connectivity index is 1.37. The van der Waals surface area contributed by atoms with Crippen molar-refractivity contribution in [2.75, 3.05) is 42.7 Å². The van der Waals surface area contributed by atoms with E-state index in [1.807, 2.05) is 30.3 Å². The Bertz CT molecular complexity index is 1360. The highest BCUT2D eigenvalue weighted by atomic mass is 16.5. The Morgan fingerprint density at radius 3 is 2.69 bits per heavy atom. The van der Waals surface area contributed by atoms with Crippen LogP contribution in [-0.4, -0.2) is 56.6 Å². The predicted molar refractivity (Wildman–Crippen MR) is 136 cm³/mol. The van der Waals surface area contributed by atoms with Crippen molar-refractivity contribution in [1.29, 1.82) is 0 Å². The fraction of sp³-hybridized carbons (Fsp3) is 0.200. The summed E-state index contributed by atoms with van der Waals surface area (Å²) in [7, 11) is 0. The summed E-state index contributed by atoms with van der Waals surface area (Å²) in [6, 6.07) is 15.5. The highest BCUT2D eigenvalue weighted by Crippen LogP contribution is 2.25. The molecular weight excluding hydrogens is 444 g/mol. The molecule has 178 valence electrons. The van der Waals surface area contributed by atoms with Crippen LogP contribution in [-0.2, 0) is 16.1 Å². The molecule has 0 bridgehead atoms. The molecule has 4 aromatic rings. The van der Waals surface area contributed by atoms with Crippen molar-refractivity contribution in [3.05, 3.63) is 73.1 Å². The number of anilines is 4. The number of nitrogens with zero attached hydrogens (tertiary/aromatic N) is 5. The van der Waals surface area contributed by atoms with Crippen molar-refractivity contribution in [1.82, 2.24) is 24.4 Å². The van der Waals surface area contributed by atoms with E-state index in [9.17, 15) is 4.79 Å². The summed E-state index contributed by atoms with van der Waals surface area (Å²) in [4.78, 5) is 27.5. The summed E-state index contributed by atoms with van der Waals surface area (Å²) in [6.07, 6.45) is 2.86. The maximum Gasteiger partial charge on any atom is 0.247 e. The van der Waals surface area contributed by atoms with Crippen molar-refractivity contribution >= 4 is 40.2 Å². The van der Waals surface area contributed by atoms with Crippen LogP contribution >= 0.6 is 0 Å². The minimum atomic E-state index is -0.286. The van der Waals surface area contributed by atoms with Crippen molar-refractivity contribution < 1.29 is 9.53 Å². The van der Waals surface area contributed by atoms with Crippen LogP contribution in [0.1, 0.15) is 5.56 Å². The van der Waals surface area contributed by atoms with Gasteiger partial charge in [0.15, 0.2) is 17.0 Å². The van der Waals surface area contributed by atoms with Crippen LogP contribution in [0, 0.1) is 0 Å². The van der Waals surface area contributed by atoms with Gasteiger partial charge in [-0.2, -0.15) is 9.97 Å². The number of carbonyl (C=O) groups excluding carboxylic acids is 1. The lowest BCUT2D eigenvalue weighted by Crippen LogP contribution is -2.35. The molecule has 5 rings (SSSR count). The molecule has 4 N–H and O–H groups in total. The van der Waals surface area contributed by atoms with Crippen LogP contribution in [0.2, 0.25) is 0 Å². The normalized spacial score (nSPS) is 14.1. The zero-order valence-corrected chi connectivity index (χ0v) is 19.1. The summed E-state index contributed by atoms with van der Waals surface area (Å²) in [6.45, 7) is 7.84. The second kappa shape index (κ2) is 9.92. The van der Waals surface area contributed by atoms with Gasteiger partial charge >= 0.3 is 0 Å². The fourth-order valence-corrected chi connectivity index (χ4v) is 3.93. The molecule has 0 saturated carbocycles. The minimum absolute atomic E-state index is 0.274. The molecule has 1 saturated heterocycles. The third-order valence-corrected chi connectivity index (χ3v) is 5.72. The molecule has 3 heterocycles. The number of nitrogen functional groups attached to an aromatic ring is 1. The molecule has 0 unspecified atom stereocenters. The van der Waals surface area contributed by atoms with E-state index >= 15 is 0 Å². The first-order chi connectivity index (χ1) is 17.1. The number of carbonyl (C=O) groups is 1. The number of aromatic nitrogens is 4. The van der Waals surface area contributed by atoms with Crippen molar-refractivity contribution in [3.8, 4) is 5.69 Å². The number of imidazole rings is 1. The summed E-state index contributed by atoms with van der Waals surface area (Å²) in [5.74, 6) is 0.358. The van der Waals surface area contributed by atoms with Gasteiger partial charge in [0.05, 0.1) is 18.9 Å². The van der Waals surface area contributed by atoms with Crippen LogP contribution in [0.4, 0.5) is 23.1 Å². The summed E-state index contributed by atoms with van der Waals surface area (Å²) >= 11 is 0. The summed E-state index contributed by atoms with van der Waals surface area (Å²) in [5.41, 5.74) is 10.7. The SMILES string of the molecule is C=CC(=O)Nc1cccc(-n2cnc3c(N)nc(Nc4ccc(CN5CCOCC5)cc4)nc32)c1. The number of rotatable bonds is 7. The number of benzene rings is 2. The number of hydrogen-bond acceptors (Lipinski definition) is 8. The lowest BCUT2D eigenvalue weighted by Gasteiger charge is -2.26. The Morgan fingerprint density at radius 2 is 1.91 bits per heavy atom. The topological polar surface area (TPSA) is 123 Å². The minimum Gasteiger partial charge on any atom is -0.382 e.